The van der Waals surface area contributed by atoms with E-state index in [9.17, 15) is 4.79 Å². The average Bonchev–Trinajstić information content (AvgIpc) is 3.09. The number of likely N-dealkylation sites (tertiary alicyclic amines) is 1. The van der Waals surface area contributed by atoms with Gasteiger partial charge < -0.3 is 14.4 Å². The molecule has 1 aliphatic rings. The molecule has 0 radical (unpaired) electrons. The number of carbonyl (C=O) groups is 1. The SMILES string of the molecule is CN(C)c1ncccc1C(=O)N1CCC[C@H](n2ccnc2)C1. The minimum atomic E-state index is 0.0571. The molecule has 1 aliphatic heterocycles. The van der Waals surface area contributed by atoms with E-state index < -0.39 is 0 Å². The number of anilines is 1. The van der Waals surface area contributed by atoms with Crippen LogP contribution in [0, 0.1) is 0 Å². The number of aromatic nitrogens is 3. The van der Waals surface area contributed by atoms with E-state index in [0.29, 0.717) is 11.6 Å². The molecule has 1 saturated heterocycles. The lowest BCUT2D eigenvalue weighted by Crippen LogP contribution is -2.41. The van der Waals surface area contributed by atoms with E-state index in [0.717, 1.165) is 31.7 Å². The van der Waals surface area contributed by atoms with Crippen molar-refractivity contribution in [3.05, 3.63) is 42.6 Å². The van der Waals surface area contributed by atoms with Crippen molar-refractivity contribution >= 4 is 11.7 Å². The number of rotatable bonds is 3. The fraction of sp³-hybridized carbons (Fsp3) is 0.438. The molecular formula is C16H21N5O. The molecule has 2 aromatic rings. The van der Waals surface area contributed by atoms with Crippen LogP contribution in [0.4, 0.5) is 5.82 Å². The molecule has 3 rings (SSSR count). The van der Waals surface area contributed by atoms with Gasteiger partial charge in [-0.2, -0.15) is 0 Å². The summed E-state index contributed by atoms with van der Waals surface area (Å²) in [6, 6.07) is 3.97. The zero-order valence-corrected chi connectivity index (χ0v) is 13.0. The first-order chi connectivity index (χ1) is 10.7. The number of piperidine rings is 1. The first kappa shape index (κ1) is 14.6. The van der Waals surface area contributed by atoms with Gasteiger partial charge in [0.05, 0.1) is 17.9 Å². The monoisotopic (exact) mass is 299 g/mol. The van der Waals surface area contributed by atoms with E-state index in [4.69, 9.17) is 0 Å². The third kappa shape index (κ3) is 2.81. The number of nitrogens with zero attached hydrogens (tertiary/aromatic N) is 5. The molecule has 1 fully saturated rings. The number of imidazole rings is 1. The van der Waals surface area contributed by atoms with Gasteiger partial charge in [-0.25, -0.2) is 9.97 Å². The highest BCUT2D eigenvalue weighted by molar-refractivity contribution is 5.98. The first-order valence-corrected chi connectivity index (χ1v) is 7.56. The van der Waals surface area contributed by atoms with Crippen LogP contribution in [-0.2, 0) is 0 Å². The maximum absolute atomic E-state index is 12.9. The highest BCUT2D eigenvalue weighted by Crippen LogP contribution is 2.24. The van der Waals surface area contributed by atoms with E-state index in [1.165, 1.54) is 0 Å². The quantitative estimate of drug-likeness (QED) is 0.867. The van der Waals surface area contributed by atoms with Gasteiger partial charge in [-0.05, 0) is 25.0 Å². The Morgan fingerprint density at radius 1 is 1.36 bits per heavy atom. The Labute approximate surface area is 130 Å². The van der Waals surface area contributed by atoms with Crippen LogP contribution in [0.5, 0.6) is 0 Å². The van der Waals surface area contributed by atoms with Crippen LogP contribution in [0.3, 0.4) is 0 Å². The number of pyridine rings is 1. The zero-order valence-electron chi connectivity index (χ0n) is 13.0. The molecule has 6 heteroatoms. The summed E-state index contributed by atoms with van der Waals surface area (Å²) < 4.78 is 2.09. The average molecular weight is 299 g/mol. The lowest BCUT2D eigenvalue weighted by atomic mass is 10.0. The Bertz CT molecular complexity index is 638. The van der Waals surface area contributed by atoms with Gasteiger partial charge in [0.15, 0.2) is 0 Å². The molecule has 116 valence electrons. The smallest absolute Gasteiger partial charge is 0.257 e. The lowest BCUT2D eigenvalue weighted by molar-refractivity contribution is 0.0679. The summed E-state index contributed by atoms with van der Waals surface area (Å²) in [5.74, 6) is 0.777. The summed E-state index contributed by atoms with van der Waals surface area (Å²) in [6.07, 6.45) is 9.38. The molecule has 0 aliphatic carbocycles. The van der Waals surface area contributed by atoms with Gasteiger partial charge in [-0.3, -0.25) is 4.79 Å². The van der Waals surface area contributed by atoms with Crippen molar-refractivity contribution in [2.75, 3.05) is 32.1 Å². The number of carbonyl (C=O) groups excluding carboxylic acids is 1. The van der Waals surface area contributed by atoms with Gasteiger partial charge in [-0.15, -0.1) is 0 Å². The number of hydrogen-bond acceptors (Lipinski definition) is 4. The molecule has 3 heterocycles. The minimum absolute atomic E-state index is 0.0571. The van der Waals surface area contributed by atoms with Gasteiger partial charge in [-0.1, -0.05) is 0 Å². The molecule has 0 unspecified atom stereocenters. The first-order valence-electron chi connectivity index (χ1n) is 7.56. The molecule has 2 aromatic heterocycles. The fourth-order valence-electron chi connectivity index (χ4n) is 2.96. The molecule has 0 saturated carbocycles. The second-order valence-corrected chi connectivity index (χ2v) is 5.83. The molecule has 1 atom stereocenters. The van der Waals surface area contributed by atoms with Crippen LogP contribution in [0.1, 0.15) is 29.2 Å². The summed E-state index contributed by atoms with van der Waals surface area (Å²) in [4.78, 5) is 25.1. The van der Waals surface area contributed by atoms with Gasteiger partial charge in [0.1, 0.15) is 5.82 Å². The predicted octanol–water partition coefficient (Wildman–Crippen LogP) is 1.82. The van der Waals surface area contributed by atoms with Crippen LogP contribution < -0.4 is 4.90 Å². The Morgan fingerprint density at radius 3 is 2.95 bits per heavy atom. The standard InChI is InChI=1S/C16H21N5O/c1-19(2)15-14(6-3-7-18-15)16(22)20-9-4-5-13(11-20)21-10-8-17-12-21/h3,6-8,10,12-13H,4-5,9,11H2,1-2H3/t13-/m0/s1. The van der Waals surface area contributed by atoms with E-state index in [-0.39, 0.29) is 5.91 Å². The Hall–Kier alpha value is -2.37. The molecule has 6 nitrogen and oxygen atoms in total. The largest absolute Gasteiger partial charge is 0.362 e. The second kappa shape index (κ2) is 6.17. The van der Waals surface area contributed by atoms with Gasteiger partial charge >= 0.3 is 0 Å². The summed E-state index contributed by atoms with van der Waals surface area (Å²) in [6.45, 7) is 1.52. The zero-order chi connectivity index (χ0) is 15.5. The molecule has 22 heavy (non-hydrogen) atoms. The van der Waals surface area contributed by atoms with Crippen LogP contribution >= 0.6 is 0 Å². The normalized spacial score (nSPS) is 18.3. The van der Waals surface area contributed by atoms with Gasteiger partial charge in [0.2, 0.25) is 0 Å². The Morgan fingerprint density at radius 2 is 2.23 bits per heavy atom. The maximum Gasteiger partial charge on any atom is 0.257 e. The van der Waals surface area contributed by atoms with Gasteiger partial charge in [0.25, 0.3) is 5.91 Å². The van der Waals surface area contributed by atoms with Crippen LogP contribution in [0.2, 0.25) is 0 Å². The third-order valence-corrected chi connectivity index (χ3v) is 4.07. The molecule has 0 spiro atoms. The topological polar surface area (TPSA) is 54.3 Å². The second-order valence-electron chi connectivity index (χ2n) is 5.83. The van der Waals surface area contributed by atoms with E-state index in [1.54, 1.807) is 12.4 Å². The summed E-state index contributed by atoms with van der Waals surface area (Å²) in [5.41, 5.74) is 0.666. The summed E-state index contributed by atoms with van der Waals surface area (Å²) in [5, 5.41) is 0. The fourth-order valence-corrected chi connectivity index (χ4v) is 2.96. The van der Waals surface area contributed by atoms with Crippen molar-refractivity contribution in [3.8, 4) is 0 Å². The highest BCUT2D eigenvalue weighted by Gasteiger charge is 2.27. The van der Waals surface area contributed by atoms with Crippen LogP contribution in [0.25, 0.3) is 0 Å². The van der Waals surface area contributed by atoms with E-state index in [1.807, 2.05) is 48.6 Å². The predicted molar refractivity (Wildman–Crippen MR) is 85.0 cm³/mol. The Kier molecular flexibility index (Phi) is 4.09. The van der Waals surface area contributed by atoms with Crippen molar-refractivity contribution < 1.29 is 4.79 Å². The number of amides is 1. The van der Waals surface area contributed by atoms with Crippen molar-refractivity contribution in [3.63, 3.8) is 0 Å². The van der Waals surface area contributed by atoms with Gasteiger partial charge in [0, 0.05) is 45.8 Å². The Balaban J connectivity index is 1.80. The molecule has 1 amide bonds. The van der Waals surface area contributed by atoms with E-state index >= 15 is 0 Å². The van der Waals surface area contributed by atoms with E-state index in [2.05, 4.69) is 14.5 Å². The van der Waals surface area contributed by atoms with Crippen molar-refractivity contribution in [2.45, 2.75) is 18.9 Å². The van der Waals surface area contributed by atoms with Crippen molar-refractivity contribution in [1.82, 2.24) is 19.4 Å². The lowest BCUT2D eigenvalue weighted by Gasteiger charge is -2.34. The van der Waals surface area contributed by atoms with Crippen LogP contribution in [0.15, 0.2) is 37.1 Å². The third-order valence-electron chi connectivity index (χ3n) is 4.07. The molecule has 0 N–H and O–H groups in total. The number of hydrogen-bond donors (Lipinski definition) is 0. The summed E-state index contributed by atoms with van der Waals surface area (Å²) >= 11 is 0. The minimum Gasteiger partial charge on any atom is -0.362 e. The van der Waals surface area contributed by atoms with Crippen molar-refractivity contribution in [1.29, 1.82) is 0 Å². The maximum atomic E-state index is 12.9. The molecular weight excluding hydrogens is 278 g/mol. The highest BCUT2D eigenvalue weighted by atomic mass is 16.2. The molecule has 0 aromatic carbocycles. The van der Waals surface area contributed by atoms with Crippen LogP contribution in [-0.4, -0.2) is 52.5 Å². The van der Waals surface area contributed by atoms with Crippen molar-refractivity contribution in [2.24, 2.45) is 0 Å². The molecule has 0 bridgehead atoms. The summed E-state index contributed by atoms with van der Waals surface area (Å²) in [7, 11) is 3.81.